The van der Waals surface area contributed by atoms with Crippen LogP contribution in [0, 0.1) is 0 Å². The normalized spacial score (nSPS) is 35.1. The van der Waals surface area contributed by atoms with E-state index in [2.05, 4.69) is 15.1 Å². The Kier molecular flexibility index (Phi) is 5.14. The Morgan fingerprint density at radius 2 is 1.81 bits per heavy atom. The molecule has 0 radical (unpaired) electrons. The zero-order valence-corrected chi connectivity index (χ0v) is 13.2. The highest BCUT2D eigenvalue weighted by atomic mass is 16.5. The molecule has 120 valence electrons. The first-order valence-electron chi connectivity index (χ1n) is 8.59. The van der Waals surface area contributed by atoms with Crippen molar-refractivity contribution in [1.82, 2.24) is 15.1 Å². The molecule has 0 aromatic heterocycles. The zero-order valence-electron chi connectivity index (χ0n) is 13.2. The molecule has 3 atom stereocenters. The molecule has 1 amide bonds. The molecule has 3 fully saturated rings. The average Bonchev–Trinajstić information content (AvgIpc) is 3.04. The van der Waals surface area contributed by atoms with Crippen molar-refractivity contribution in [2.75, 3.05) is 39.8 Å². The van der Waals surface area contributed by atoms with Crippen molar-refractivity contribution in [3.63, 3.8) is 0 Å². The van der Waals surface area contributed by atoms with Crippen LogP contribution in [0.1, 0.15) is 38.5 Å². The molecule has 3 rings (SSSR count). The molecule has 21 heavy (non-hydrogen) atoms. The fraction of sp³-hybridized carbons (Fsp3) is 0.938. The monoisotopic (exact) mass is 295 g/mol. The Hall–Kier alpha value is -0.650. The van der Waals surface area contributed by atoms with Gasteiger partial charge in [-0.3, -0.25) is 9.69 Å². The largest absolute Gasteiger partial charge is 0.380 e. The van der Waals surface area contributed by atoms with E-state index < -0.39 is 0 Å². The summed E-state index contributed by atoms with van der Waals surface area (Å²) < 4.78 is 5.71. The van der Waals surface area contributed by atoms with E-state index >= 15 is 0 Å². The lowest BCUT2D eigenvalue weighted by Gasteiger charge is -2.41. The van der Waals surface area contributed by atoms with Crippen LogP contribution < -0.4 is 5.32 Å². The minimum atomic E-state index is 0.101. The van der Waals surface area contributed by atoms with E-state index in [-0.39, 0.29) is 6.04 Å². The number of ether oxygens (including phenoxy) is 1. The van der Waals surface area contributed by atoms with E-state index in [1.807, 2.05) is 7.11 Å². The van der Waals surface area contributed by atoms with Crippen LogP contribution in [0.15, 0.2) is 0 Å². The summed E-state index contributed by atoms with van der Waals surface area (Å²) >= 11 is 0. The highest BCUT2D eigenvalue weighted by Crippen LogP contribution is 2.31. The van der Waals surface area contributed by atoms with Crippen LogP contribution in [0.3, 0.4) is 0 Å². The molecule has 0 spiro atoms. The molecule has 0 aromatic rings. The molecule has 0 bridgehead atoms. The van der Waals surface area contributed by atoms with E-state index in [0.29, 0.717) is 18.1 Å². The van der Waals surface area contributed by atoms with E-state index in [0.717, 1.165) is 52.0 Å². The maximum absolute atomic E-state index is 12.9. The summed E-state index contributed by atoms with van der Waals surface area (Å²) in [6.45, 7) is 4.65. The number of piperazine rings is 1. The smallest absolute Gasteiger partial charge is 0.240 e. The summed E-state index contributed by atoms with van der Waals surface area (Å²) in [5.41, 5.74) is 0. The molecular formula is C16H29N3O2. The van der Waals surface area contributed by atoms with Gasteiger partial charge >= 0.3 is 0 Å². The first-order valence-corrected chi connectivity index (χ1v) is 8.59. The van der Waals surface area contributed by atoms with E-state index in [9.17, 15) is 4.79 Å². The lowest BCUT2D eigenvalue weighted by atomic mass is 9.90. The predicted molar refractivity (Wildman–Crippen MR) is 82.2 cm³/mol. The van der Waals surface area contributed by atoms with Gasteiger partial charge in [-0.25, -0.2) is 0 Å². The fourth-order valence-corrected chi connectivity index (χ4v) is 4.28. The SMILES string of the molecule is COC1CCCCC1N1CCCC1C(=O)N1CCNCC1. The van der Waals surface area contributed by atoms with Gasteiger partial charge in [-0.05, 0) is 32.2 Å². The minimum absolute atomic E-state index is 0.101. The number of hydrogen-bond donors (Lipinski definition) is 1. The van der Waals surface area contributed by atoms with Crippen LogP contribution >= 0.6 is 0 Å². The van der Waals surface area contributed by atoms with Gasteiger partial charge in [-0.1, -0.05) is 12.8 Å². The van der Waals surface area contributed by atoms with E-state index in [1.54, 1.807) is 0 Å². The summed E-state index contributed by atoms with van der Waals surface area (Å²) in [5.74, 6) is 0.356. The molecule has 3 aliphatic rings. The third-order valence-corrected chi connectivity index (χ3v) is 5.40. The molecule has 2 heterocycles. The van der Waals surface area contributed by atoms with Crippen LogP contribution in [0.4, 0.5) is 0 Å². The van der Waals surface area contributed by atoms with Gasteiger partial charge in [0.2, 0.25) is 5.91 Å². The summed E-state index contributed by atoms with van der Waals surface area (Å²) in [6.07, 6.45) is 7.35. The van der Waals surface area contributed by atoms with Gasteiger partial charge in [-0.15, -0.1) is 0 Å². The lowest BCUT2D eigenvalue weighted by Crippen LogP contribution is -2.56. The van der Waals surface area contributed by atoms with Crippen LogP contribution in [-0.4, -0.2) is 73.7 Å². The highest BCUT2D eigenvalue weighted by Gasteiger charge is 2.41. The molecule has 1 saturated carbocycles. The van der Waals surface area contributed by atoms with E-state index in [1.165, 1.54) is 19.3 Å². The van der Waals surface area contributed by atoms with Gasteiger partial charge in [0.25, 0.3) is 0 Å². The van der Waals surface area contributed by atoms with Crippen LogP contribution in [0.25, 0.3) is 0 Å². The molecule has 3 unspecified atom stereocenters. The molecule has 5 heteroatoms. The van der Waals surface area contributed by atoms with Crippen molar-refractivity contribution in [2.45, 2.75) is 56.7 Å². The molecule has 1 aliphatic carbocycles. The van der Waals surface area contributed by atoms with Gasteiger partial charge in [-0.2, -0.15) is 0 Å². The standard InChI is InChI=1S/C16H29N3O2/c1-21-15-7-3-2-5-13(15)19-10-4-6-14(19)16(20)18-11-8-17-9-12-18/h13-15,17H,2-12H2,1H3. The Morgan fingerprint density at radius 1 is 1.05 bits per heavy atom. The first-order chi connectivity index (χ1) is 10.3. The number of carbonyl (C=O) groups is 1. The van der Waals surface area contributed by atoms with Crippen molar-refractivity contribution in [3.05, 3.63) is 0 Å². The number of methoxy groups -OCH3 is 1. The summed E-state index contributed by atoms with van der Waals surface area (Å²) in [4.78, 5) is 17.4. The molecular weight excluding hydrogens is 266 g/mol. The minimum Gasteiger partial charge on any atom is -0.380 e. The third-order valence-electron chi connectivity index (χ3n) is 5.40. The second-order valence-corrected chi connectivity index (χ2v) is 6.60. The second kappa shape index (κ2) is 7.07. The number of hydrogen-bond acceptors (Lipinski definition) is 4. The van der Waals surface area contributed by atoms with Gasteiger partial charge in [0.15, 0.2) is 0 Å². The van der Waals surface area contributed by atoms with Crippen molar-refractivity contribution in [3.8, 4) is 0 Å². The maximum atomic E-state index is 12.9. The number of rotatable bonds is 3. The summed E-state index contributed by atoms with van der Waals surface area (Å²) in [7, 11) is 1.83. The number of likely N-dealkylation sites (tertiary alicyclic amines) is 1. The Balaban J connectivity index is 1.67. The van der Waals surface area contributed by atoms with Gasteiger partial charge in [0, 0.05) is 39.3 Å². The maximum Gasteiger partial charge on any atom is 0.240 e. The van der Waals surface area contributed by atoms with Gasteiger partial charge in [0.05, 0.1) is 12.1 Å². The van der Waals surface area contributed by atoms with Crippen LogP contribution in [0.5, 0.6) is 0 Å². The number of nitrogens with one attached hydrogen (secondary N) is 1. The van der Waals surface area contributed by atoms with Crippen LogP contribution in [0.2, 0.25) is 0 Å². The van der Waals surface area contributed by atoms with Crippen molar-refractivity contribution < 1.29 is 9.53 Å². The highest BCUT2D eigenvalue weighted by molar-refractivity contribution is 5.82. The molecule has 2 aliphatic heterocycles. The Labute approximate surface area is 128 Å². The molecule has 5 nitrogen and oxygen atoms in total. The molecule has 2 saturated heterocycles. The Bertz CT molecular complexity index is 357. The number of amides is 1. The third kappa shape index (κ3) is 3.25. The van der Waals surface area contributed by atoms with Gasteiger partial charge in [0.1, 0.15) is 0 Å². The van der Waals surface area contributed by atoms with Gasteiger partial charge < -0.3 is 15.0 Å². The number of carbonyl (C=O) groups excluding carboxylic acids is 1. The second-order valence-electron chi connectivity index (χ2n) is 6.60. The Morgan fingerprint density at radius 3 is 2.57 bits per heavy atom. The summed E-state index contributed by atoms with van der Waals surface area (Å²) in [6, 6.07) is 0.548. The quantitative estimate of drug-likeness (QED) is 0.838. The predicted octanol–water partition coefficient (Wildman–Crippen LogP) is 0.840. The van der Waals surface area contributed by atoms with Crippen molar-refractivity contribution in [2.24, 2.45) is 0 Å². The lowest BCUT2D eigenvalue weighted by molar-refractivity contribution is -0.139. The van der Waals surface area contributed by atoms with Crippen molar-refractivity contribution >= 4 is 5.91 Å². The molecule has 0 aromatic carbocycles. The van der Waals surface area contributed by atoms with E-state index in [4.69, 9.17) is 4.74 Å². The fourth-order valence-electron chi connectivity index (χ4n) is 4.28. The number of nitrogens with zero attached hydrogens (tertiary/aromatic N) is 2. The average molecular weight is 295 g/mol. The zero-order chi connectivity index (χ0) is 14.7. The molecule has 1 N–H and O–H groups in total. The van der Waals surface area contributed by atoms with Crippen LogP contribution in [-0.2, 0) is 9.53 Å². The topological polar surface area (TPSA) is 44.8 Å². The van der Waals surface area contributed by atoms with Crippen molar-refractivity contribution in [1.29, 1.82) is 0 Å². The first kappa shape index (κ1) is 15.3. The summed E-state index contributed by atoms with van der Waals surface area (Å²) in [5, 5.41) is 3.32.